The summed E-state index contributed by atoms with van der Waals surface area (Å²) in [5.74, 6) is -2.62. The molecule has 1 saturated carbocycles. The highest BCUT2D eigenvalue weighted by Gasteiger charge is 2.83. The maximum Gasteiger partial charge on any atom is 0.303 e. The molecule has 0 aromatic heterocycles. The first kappa shape index (κ1) is 21.7. The molecule has 5 atom stereocenters. The number of hydrogen-bond donors (Lipinski definition) is 2. The summed E-state index contributed by atoms with van der Waals surface area (Å²) in [5, 5.41) is 15.9. The monoisotopic (exact) mass is 488 g/mol. The quantitative estimate of drug-likeness (QED) is 0.422. The van der Waals surface area contributed by atoms with Gasteiger partial charge in [0.15, 0.2) is 4.33 Å². The molecule has 140 valence electrons. The number of carboxylic acid groups (broad SMARTS) is 2. The number of aliphatic carboxylic acids is 2. The van der Waals surface area contributed by atoms with Gasteiger partial charge in [-0.1, -0.05) is 58.6 Å². The molecule has 0 aliphatic heterocycles. The zero-order valence-corrected chi connectivity index (χ0v) is 17.4. The third kappa shape index (κ3) is 2.97. The second-order valence-corrected chi connectivity index (χ2v) is 9.57. The van der Waals surface area contributed by atoms with E-state index in [1.165, 1.54) is 0 Å². The Hall–Kier alpha value is 0.450. The number of fused-ring (bicyclic) bond motifs is 5. The zero-order chi connectivity index (χ0) is 19.4. The van der Waals surface area contributed by atoms with Crippen molar-refractivity contribution in [1.29, 1.82) is 0 Å². The minimum absolute atomic E-state index is 0.205. The van der Waals surface area contributed by atoms with Crippen LogP contribution in [0.25, 0.3) is 0 Å². The molecule has 0 spiro atoms. The maximum atomic E-state index is 9.64. The van der Waals surface area contributed by atoms with Gasteiger partial charge < -0.3 is 10.2 Å². The lowest BCUT2D eigenvalue weighted by Crippen LogP contribution is -2.45. The number of halogens is 7. The average molecular weight is 491 g/mol. The van der Waals surface area contributed by atoms with Gasteiger partial charge in [0.2, 0.25) is 0 Å². The molecule has 25 heavy (non-hydrogen) atoms. The van der Waals surface area contributed by atoms with Gasteiger partial charge in [0, 0.05) is 11.8 Å². The Kier molecular flexibility index (Phi) is 6.19. The molecule has 3 aliphatic carbocycles. The predicted molar refractivity (Wildman–Crippen MR) is 101 cm³/mol. The summed E-state index contributed by atoms with van der Waals surface area (Å²) in [5.41, 5.74) is 0. The minimum Gasteiger partial charge on any atom is -0.481 e. The molecular weight excluding hydrogens is 480 g/mol. The highest BCUT2D eigenvalue weighted by molar-refractivity contribution is 6.66. The van der Waals surface area contributed by atoms with E-state index in [9.17, 15) is 9.59 Å². The van der Waals surface area contributed by atoms with Crippen molar-refractivity contribution < 1.29 is 19.8 Å². The van der Waals surface area contributed by atoms with E-state index in [2.05, 4.69) is 0 Å². The molecule has 5 unspecified atom stereocenters. The van der Waals surface area contributed by atoms with Crippen LogP contribution in [0.1, 0.15) is 12.8 Å². The molecule has 0 heterocycles. The average Bonchev–Trinajstić information content (AvgIpc) is 2.99. The van der Waals surface area contributed by atoms with Gasteiger partial charge >= 0.3 is 11.9 Å². The van der Waals surface area contributed by atoms with Gasteiger partial charge in [-0.15, -0.1) is 34.8 Å². The van der Waals surface area contributed by atoms with Crippen LogP contribution in [-0.2, 0) is 9.59 Å². The summed E-state index contributed by atoms with van der Waals surface area (Å²) < 4.78 is -1.48. The Morgan fingerprint density at radius 2 is 1.36 bits per heavy atom. The number of carbonyl (C=O) groups is 2. The summed E-state index contributed by atoms with van der Waals surface area (Å²) in [4.78, 5) is 16.8. The molecule has 3 aliphatic rings. The van der Waals surface area contributed by atoms with E-state index in [4.69, 9.17) is 91.4 Å². The number of rotatable bonds is 3. The second-order valence-electron chi connectivity index (χ2n) is 5.79. The molecule has 0 saturated heterocycles. The number of allylic oxidation sites excluding steroid dienone is 4. The summed E-state index contributed by atoms with van der Waals surface area (Å²) in [7, 11) is 0. The Labute approximate surface area is 178 Å². The van der Waals surface area contributed by atoms with Crippen LogP contribution < -0.4 is 0 Å². The molecule has 3 rings (SSSR count). The van der Waals surface area contributed by atoms with Crippen molar-refractivity contribution in [3.63, 3.8) is 0 Å². The summed E-state index contributed by atoms with van der Waals surface area (Å²) in [6.45, 7) is 0. The minimum atomic E-state index is -1.48. The first-order chi connectivity index (χ1) is 11.3. The van der Waals surface area contributed by atoms with Gasteiger partial charge in [-0.3, -0.25) is 9.59 Å². The lowest BCUT2D eigenvalue weighted by Gasteiger charge is -2.34. The first-order valence-corrected chi connectivity index (χ1v) is 9.61. The Bertz CT molecular complexity index is 662. The van der Waals surface area contributed by atoms with Crippen LogP contribution in [0.4, 0.5) is 0 Å². The maximum absolute atomic E-state index is 9.64. The fourth-order valence-electron chi connectivity index (χ4n) is 3.30. The molecule has 11 heteroatoms. The Morgan fingerprint density at radius 3 is 1.80 bits per heavy atom. The number of hydrogen-bond acceptors (Lipinski definition) is 2. The van der Waals surface area contributed by atoms with E-state index in [0.29, 0.717) is 0 Å². The van der Waals surface area contributed by atoms with Crippen LogP contribution in [0.3, 0.4) is 0 Å². The third-order valence-corrected chi connectivity index (χ3v) is 9.16. The smallest absolute Gasteiger partial charge is 0.303 e. The number of alkyl halides is 5. The molecule has 2 N–H and O–H groups in total. The van der Waals surface area contributed by atoms with Gasteiger partial charge in [-0.25, -0.2) is 0 Å². The van der Waals surface area contributed by atoms with Crippen molar-refractivity contribution in [2.24, 2.45) is 11.8 Å². The summed E-state index contributed by atoms with van der Waals surface area (Å²) in [6.07, 6.45) is 3.10. The summed E-state index contributed by atoms with van der Waals surface area (Å²) >= 11 is 44.5. The highest BCUT2D eigenvalue weighted by Crippen LogP contribution is 2.78. The van der Waals surface area contributed by atoms with Crippen molar-refractivity contribution in [2.45, 2.75) is 32.3 Å². The molecule has 0 aromatic rings. The fourth-order valence-corrected chi connectivity index (χ4v) is 6.81. The van der Waals surface area contributed by atoms with Crippen molar-refractivity contribution in [3.8, 4) is 0 Å². The van der Waals surface area contributed by atoms with Crippen molar-refractivity contribution in [1.82, 2.24) is 0 Å². The van der Waals surface area contributed by atoms with E-state index < -0.39 is 26.0 Å². The van der Waals surface area contributed by atoms with Crippen LogP contribution in [0, 0.1) is 11.8 Å². The van der Waals surface area contributed by atoms with Gasteiger partial charge in [0.25, 0.3) is 0 Å². The lowest BCUT2D eigenvalue weighted by atomic mass is 9.84. The van der Waals surface area contributed by atoms with Gasteiger partial charge in [0.1, 0.15) is 9.75 Å². The second kappa shape index (κ2) is 7.12. The van der Waals surface area contributed by atoms with Crippen molar-refractivity contribution >= 4 is 93.1 Å². The van der Waals surface area contributed by atoms with E-state index in [0.717, 1.165) is 0 Å². The van der Waals surface area contributed by atoms with Gasteiger partial charge in [0.05, 0.1) is 28.3 Å². The molecule has 0 radical (unpaired) electrons. The molecular formula is C14H11Cl7O4. The predicted octanol–water partition coefficient (Wildman–Crippen LogP) is 5.18. The van der Waals surface area contributed by atoms with E-state index in [1.54, 1.807) is 0 Å². The van der Waals surface area contributed by atoms with Crippen LogP contribution in [0.15, 0.2) is 22.2 Å². The van der Waals surface area contributed by atoms with Gasteiger partial charge in [-0.05, 0) is 0 Å². The van der Waals surface area contributed by atoms with Crippen molar-refractivity contribution in [3.05, 3.63) is 22.2 Å². The van der Waals surface area contributed by atoms with Gasteiger partial charge in [-0.2, -0.15) is 0 Å². The molecule has 2 bridgehead atoms. The zero-order valence-electron chi connectivity index (χ0n) is 12.2. The normalized spacial score (nSPS) is 39.9. The first-order valence-electron chi connectivity index (χ1n) is 6.91. The Balaban J connectivity index is 0.000000242. The molecule has 0 aromatic carbocycles. The molecule has 0 amide bonds. The Morgan fingerprint density at radius 1 is 0.920 bits per heavy atom. The molecule has 1 fully saturated rings. The lowest BCUT2D eigenvalue weighted by molar-refractivity contribution is -0.143. The van der Waals surface area contributed by atoms with Crippen LogP contribution in [0.5, 0.6) is 0 Å². The topological polar surface area (TPSA) is 74.6 Å². The van der Waals surface area contributed by atoms with E-state index in [1.807, 2.05) is 12.2 Å². The summed E-state index contributed by atoms with van der Waals surface area (Å²) in [6, 6.07) is 0. The SMILES string of the molecule is ClC1=C(Cl)C2(Cl)C3C(Cl)C=CC3C1(Cl)C2(Cl)Cl.O=C(O)CCC(=O)O. The number of carboxylic acids is 2. The fraction of sp³-hybridized carbons (Fsp3) is 0.571. The third-order valence-electron chi connectivity index (χ3n) is 4.45. The standard InChI is InChI=1S/C10H5Cl7.C4H6O4/c11-4-2-1-3-5(4)9(15)7(13)6(12)8(3,14)10(9,16)17;5-3(6)1-2-4(7)8/h1-5H;1-2H2,(H,5,6)(H,7,8). The van der Waals surface area contributed by atoms with E-state index in [-0.39, 0.29) is 40.1 Å². The van der Waals surface area contributed by atoms with Crippen LogP contribution in [-0.4, -0.2) is 41.6 Å². The largest absolute Gasteiger partial charge is 0.481 e. The van der Waals surface area contributed by atoms with Crippen molar-refractivity contribution in [2.75, 3.05) is 0 Å². The van der Waals surface area contributed by atoms with Crippen LogP contribution >= 0.6 is 81.2 Å². The van der Waals surface area contributed by atoms with E-state index >= 15 is 0 Å². The highest BCUT2D eigenvalue weighted by atomic mass is 35.5. The van der Waals surface area contributed by atoms with Crippen LogP contribution in [0.2, 0.25) is 0 Å². The molecule has 4 nitrogen and oxygen atoms in total.